The Labute approximate surface area is 132 Å². The fraction of sp³-hybridized carbons (Fsp3) is 0.933. The van der Waals surface area contributed by atoms with Gasteiger partial charge in [-0.25, -0.2) is 0 Å². The summed E-state index contributed by atoms with van der Waals surface area (Å²) < 4.78 is 5.91. The molecule has 3 fully saturated rings. The van der Waals surface area contributed by atoms with Crippen LogP contribution in [0.25, 0.3) is 0 Å². The van der Waals surface area contributed by atoms with Crippen molar-refractivity contribution in [1.29, 1.82) is 0 Å². The molecule has 4 atom stereocenters. The molecule has 3 saturated heterocycles. The molecule has 3 aliphatic rings. The van der Waals surface area contributed by atoms with Gasteiger partial charge in [-0.15, -0.1) is 0 Å². The van der Waals surface area contributed by atoms with Crippen molar-refractivity contribution < 1.29 is 4.74 Å². The van der Waals surface area contributed by atoms with Crippen molar-refractivity contribution in [3.05, 3.63) is 0 Å². The van der Waals surface area contributed by atoms with E-state index in [4.69, 9.17) is 4.74 Å². The van der Waals surface area contributed by atoms with Crippen LogP contribution in [0.15, 0.2) is 4.99 Å². The van der Waals surface area contributed by atoms with E-state index in [9.17, 15) is 0 Å². The average molecular weight is 312 g/mol. The molecule has 2 N–H and O–H groups in total. The number of likely N-dealkylation sites (N-methyl/N-ethyl adjacent to an activating group) is 1. The van der Waals surface area contributed by atoms with E-state index in [1.165, 1.54) is 30.8 Å². The highest BCUT2D eigenvalue weighted by molar-refractivity contribution is 7.99. The van der Waals surface area contributed by atoms with Gasteiger partial charge < -0.3 is 20.3 Å². The van der Waals surface area contributed by atoms with Gasteiger partial charge in [-0.3, -0.25) is 4.99 Å². The molecule has 0 aromatic carbocycles. The number of guanidine groups is 1. The Hall–Kier alpha value is -0.460. The van der Waals surface area contributed by atoms with Crippen LogP contribution < -0.4 is 10.6 Å². The maximum Gasteiger partial charge on any atom is 0.191 e. The third-order valence-corrected chi connectivity index (χ3v) is 6.50. The topological polar surface area (TPSA) is 48.9 Å². The second kappa shape index (κ2) is 6.34. The van der Waals surface area contributed by atoms with Gasteiger partial charge in [0.25, 0.3) is 0 Å². The molecule has 0 amide bonds. The molecular formula is C15H28N4OS. The molecule has 3 heterocycles. The van der Waals surface area contributed by atoms with Gasteiger partial charge in [0.1, 0.15) is 0 Å². The molecule has 3 rings (SSSR count). The molecule has 3 aliphatic heterocycles. The summed E-state index contributed by atoms with van der Waals surface area (Å²) in [4.78, 5) is 6.77. The number of fused-ring (bicyclic) bond motifs is 2. The number of nitrogens with one attached hydrogen (secondary N) is 2. The van der Waals surface area contributed by atoms with Crippen molar-refractivity contribution >= 4 is 17.7 Å². The Morgan fingerprint density at radius 2 is 2.29 bits per heavy atom. The lowest BCUT2D eigenvalue weighted by molar-refractivity contribution is 0.0991. The summed E-state index contributed by atoms with van der Waals surface area (Å²) in [5.41, 5.74) is 0.257. The Morgan fingerprint density at radius 1 is 1.43 bits per heavy atom. The van der Waals surface area contributed by atoms with Gasteiger partial charge >= 0.3 is 0 Å². The Kier molecular flexibility index (Phi) is 4.66. The minimum absolute atomic E-state index is 0.257. The molecule has 0 spiro atoms. The molecule has 5 nitrogen and oxygen atoms in total. The second-order valence-corrected chi connectivity index (χ2v) is 7.81. The lowest BCUT2D eigenvalue weighted by atomic mass is 9.95. The van der Waals surface area contributed by atoms with Gasteiger partial charge in [-0.1, -0.05) is 0 Å². The number of thioether (sulfide) groups is 1. The first kappa shape index (κ1) is 15.4. The van der Waals surface area contributed by atoms with Crippen LogP contribution in [0.5, 0.6) is 0 Å². The van der Waals surface area contributed by atoms with Crippen molar-refractivity contribution in [2.45, 2.75) is 49.5 Å². The van der Waals surface area contributed by atoms with E-state index in [0.29, 0.717) is 18.2 Å². The van der Waals surface area contributed by atoms with Gasteiger partial charge in [0, 0.05) is 24.9 Å². The Morgan fingerprint density at radius 3 is 2.81 bits per heavy atom. The number of aliphatic imine (C=N–C) groups is 1. The van der Waals surface area contributed by atoms with Gasteiger partial charge in [-0.2, -0.15) is 11.8 Å². The van der Waals surface area contributed by atoms with Crippen molar-refractivity contribution in [2.75, 3.05) is 39.2 Å². The van der Waals surface area contributed by atoms with Crippen molar-refractivity contribution in [3.8, 4) is 0 Å². The van der Waals surface area contributed by atoms with Gasteiger partial charge in [0.05, 0.1) is 18.2 Å². The predicted octanol–water partition coefficient (Wildman–Crippen LogP) is 0.909. The summed E-state index contributed by atoms with van der Waals surface area (Å²) in [6.07, 6.45) is 5.66. The van der Waals surface area contributed by atoms with Crippen LogP contribution in [0, 0.1) is 0 Å². The normalized spacial score (nSPS) is 39.2. The van der Waals surface area contributed by atoms with E-state index in [-0.39, 0.29) is 5.54 Å². The smallest absolute Gasteiger partial charge is 0.191 e. The summed E-state index contributed by atoms with van der Waals surface area (Å²) >= 11 is 2.05. The van der Waals surface area contributed by atoms with E-state index in [1.807, 2.05) is 18.8 Å². The van der Waals surface area contributed by atoms with Crippen LogP contribution in [-0.2, 0) is 4.74 Å². The van der Waals surface area contributed by atoms with Crippen LogP contribution >= 0.6 is 11.8 Å². The van der Waals surface area contributed by atoms with E-state index in [1.54, 1.807) is 0 Å². The first-order chi connectivity index (χ1) is 10.1. The molecule has 0 radical (unpaired) electrons. The lowest BCUT2D eigenvalue weighted by Gasteiger charge is -2.36. The first-order valence-electron chi connectivity index (χ1n) is 8.01. The van der Waals surface area contributed by atoms with Crippen molar-refractivity contribution in [2.24, 2.45) is 4.99 Å². The van der Waals surface area contributed by atoms with Gasteiger partial charge in [0.2, 0.25) is 0 Å². The van der Waals surface area contributed by atoms with Crippen LogP contribution in [-0.4, -0.2) is 73.8 Å². The summed E-state index contributed by atoms with van der Waals surface area (Å²) in [6.45, 7) is 0.953. The summed E-state index contributed by atoms with van der Waals surface area (Å²) in [5.74, 6) is 3.38. The van der Waals surface area contributed by atoms with Gasteiger partial charge in [0.15, 0.2) is 5.96 Å². The second-order valence-electron chi connectivity index (χ2n) is 6.71. The minimum atomic E-state index is 0.257. The highest BCUT2D eigenvalue weighted by Crippen LogP contribution is 2.34. The molecule has 21 heavy (non-hydrogen) atoms. The predicted molar refractivity (Wildman–Crippen MR) is 89.2 cm³/mol. The van der Waals surface area contributed by atoms with E-state index < -0.39 is 0 Å². The number of rotatable bonds is 4. The van der Waals surface area contributed by atoms with Crippen LogP contribution in [0.2, 0.25) is 0 Å². The molecule has 0 aromatic rings. The Balaban J connectivity index is 1.53. The standard InChI is InChI=1S/C15H28N4OS/c1-16-14(18-12-8-11-4-5-13(12)20-11)17-9-15(19(2)3)6-7-21-10-15/h11-13H,4-10H2,1-3H3,(H2,16,17,18). The van der Waals surface area contributed by atoms with Crippen molar-refractivity contribution in [3.63, 3.8) is 0 Å². The zero-order valence-electron chi connectivity index (χ0n) is 13.4. The van der Waals surface area contributed by atoms with Gasteiger partial charge in [-0.05, 0) is 45.5 Å². The largest absolute Gasteiger partial charge is 0.373 e. The monoisotopic (exact) mass is 312 g/mol. The highest BCUT2D eigenvalue weighted by Gasteiger charge is 2.41. The maximum atomic E-state index is 5.91. The molecule has 0 saturated carbocycles. The number of hydrogen-bond acceptors (Lipinski definition) is 4. The van der Waals surface area contributed by atoms with Crippen molar-refractivity contribution in [1.82, 2.24) is 15.5 Å². The number of ether oxygens (including phenoxy) is 1. The summed E-state index contributed by atoms with van der Waals surface area (Å²) in [7, 11) is 6.23. The SMILES string of the molecule is CN=C(NCC1(N(C)C)CCSC1)NC1CC2CCC1O2. The molecule has 0 aromatic heterocycles. The number of hydrogen-bond donors (Lipinski definition) is 2. The zero-order valence-corrected chi connectivity index (χ0v) is 14.2. The average Bonchev–Trinajstić information content (AvgIpc) is 3.19. The fourth-order valence-electron chi connectivity index (χ4n) is 3.65. The molecular weight excluding hydrogens is 284 g/mol. The van der Waals surface area contributed by atoms with E-state index >= 15 is 0 Å². The van der Waals surface area contributed by atoms with E-state index in [0.717, 1.165) is 18.9 Å². The molecule has 4 unspecified atom stereocenters. The van der Waals surface area contributed by atoms with Crippen LogP contribution in [0.3, 0.4) is 0 Å². The quantitative estimate of drug-likeness (QED) is 0.597. The Bertz CT molecular complexity index is 395. The summed E-state index contributed by atoms with van der Waals surface area (Å²) in [5, 5.41) is 7.11. The molecule has 2 bridgehead atoms. The first-order valence-corrected chi connectivity index (χ1v) is 9.16. The number of nitrogens with zero attached hydrogens (tertiary/aromatic N) is 2. The third kappa shape index (κ3) is 3.17. The lowest BCUT2D eigenvalue weighted by Crippen LogP contribution is -2.56. The van der Waals surface area contributed by atoms with Crippen LogP contribution in [0.1, 0.15) is 25.7 Å². The zero-order chi connectivity index (χ0) is 14.9. The fourth-order valence-corrected chi connectivity index (χ4v) is 5.21. The maximum absolute atomic E-state index is 5.91. The molecule has 6 heteroatoms. The molecule has 0 aliphatic carbocycles. The highest BCUT2D eigenvalue weighted by atomic mass is 32.2. The third-order valence-electron chi connectivity index (χ3n) is 5.27. The minimum Gasteiger partial charge on any atom is -0.373 e. The molecule has 120 valence electrons. The van der Waals surface area contributed by atoms with E-state index in [2.05, 4.69) is 34.6 Å². The summed E-state index contributed by atoms with van der Waals surface area (Å²) in [6, 6.07) is 0.434. The van der Waals surface area contributed by atoms with Crippen LogP contribution in [0.4, 0.5) is 0 Å².